The molecule has 0 saturated carbocycles. The van der Waals surface area contributed by atoms with E-state index in [2.05, 4.69) is 20.7 Å². The first-order valence-corrected chi connectivity index (χ1v) is 8.46. The standard InChI is InChI=1S/C17H19N5OS/c1-17(2,15-18-9-11-24-15)21-16(23)20-14-6-4-13(5-7-14)12-22-10-3-8-19-22/h3-11H,12H2,1-2H3,(H2,20,21,23). The summed E-state index contributed by atoms with van der Waals surface area (Å²) in [5.41, 5.74) is 1.34. The Morgan fingerprint density at radius 2 is 2.04 bits per heavy atom. The first-order chi connectivity index (χ1) is 11.5. The highest BCUT2D eigenvalue weighted by molar-refractivity contribution is 7.09. The summed E-state index contributed by atoms with van der Waals surface area (Å²) in [4.78, 5) is 16.5. The second-order valence-corrected chi connectivity index (χ2v) is 6.84. The van der Waals surface area contributed by atoms with Gasteiger partial charge < -0.3 is 10.6 Å². The number of rotatable bonds is 5. The van der Waals surface area contributed by atoms with Gasteiger partial charge in [0.05, 0.1) is 12.1 Å². The molecule has 0 radical (unpaired) electrons. The van der Waals surface area contributed by atoms with E-state index < -0.39 is 5.54 Å². The van der Waals surface area contributed by atoms with E-state index in [-0.39, 0.29) is 6.03 Å². The van der Waals surface area contributed by atoms with E-state index in [9.17, 15) is 4.79 Å². The van der Waals surface area contributed by atoms with Crippen LogP contribution < -0.4 is 10.6 Å². The Morgan fingerprint density at radius 1 is 1.25 bits per heavy atom. The number of carbonyl (C=O) groups is 1. The average molecular weight is 341 g/mol. The predicted molar refractivity (Wildman–Crippen MR) is 95.1 cm³/mol. The molecule has 2 aromatic heterocycles. The minimum Gasteiger partial charge on any atom is -0.326 e. The van der Waals surface area contributed by atoms with Gasteiger partial charge in [-0.15, -0.1) is 11.3 Å². The van der Waals surface area contributed by atoms with Crippen LogP contribution in [0, 0.1) is 0 Å². The Kier molecular flexibility index (Phi) is 4.61. The SMILES string of the molecule is CC(C)(NC(=O)Nc1ccc(Cn2cccn2)cc1)c1nccs1. The maximum Gasteiger partial charge on any atom is 0.319 e. The molecule has 3 aromatic rings. The van der Waals surface area contributed by atoms with Crippen molar-refractivity contribution in [3.8, 4) is 0 Å². The van der Waals surface area contributed by atoms with Gasteiger partial charge in [-0.05, 0) is 37.6 Å². The summed E-state index contributed by atoms with van der Waals surface area (Å²) in [5.74, 6) is 0. The predicted octanol–water partition coefficient (Wildman–Crippen LogP) is 3.44. The van der Waals surface area contributed by atoms with E-state index in [1.807, 2.05) is 60.4 Å². The topological polar surface area (TPSA) is 71.8 Å². The maximum absolute atomic E-state index is 12.2. The van der Waals surface area contributed by atoms with Crippen molar-refractivity contribution < 1.29 is 4.79 Å². The Balaban J connectivity index is 1.58. The number of aromatic nitrogens is 3. The highest BCUT2D eigenvalue weighted by Crippen LogP contribution is 2.22. The van der Waals surface area contributed by atoms with Crippen LogP contribution in [0.3, 0.4) is 0 Å². The summed E-state index contributed by atoms with van der Waals surface area (Å²) < 4.78 is 1.85. The molecule has 0 unspecified atom stereocenters. The minimum absolute atomic E-state index is 0.255. The van der Waals surface area contributed by atoms with E-state index in [0.717, 1.165) is 16.3 Å². The summed E-state index contributed by atoms with van der Waals surface area (Å²) in [6, 6.07) is 9.36. The van der Waals surface area contributed by atoms with Crippen LogP contribution in [0.1, 0.15) is 24.4 Å². The van der Waals surface area contributed by atoms with E-state index >= 15 is 0 Å². The number of nitrogens with one attached hydrogen (secondary N) is 2. The molecule has 1 aromatic carbocycles. The van der Waals surface area contributed by atoms with Crippen LogP contribution in [0.2, 0.25) is 0 Å². The number of carbonyl (C=O) groups excluding carboxylic acids is 1. The van der Waals surface area contributed by atoms with Gasteiger partial charge >= 0.3 is 6.03 Å². The highest BCUT2D eigenvalue weighted by Gasteiger charge is 2.25. The van der Waals surface area contributed by atoms with Crippen molar-refractivity contribution in [2.45, 2.75) is 25.9 Å². The normalized spacial score (nSPS) is 11.2. The molecule has 0 saturated heterocycles. The van der Waals surface area contributed by atoms with Crippen molar-refractivity contribution in [2.24, 2.45) is 0 Å². The Morgan fingerprint density at radius 3 is 2.67 bits per heavy atom. The first-order valence-electron chi connectivity index (χ1n) is 7.58. The van der Waals surface area contributed by atoms with Crippen molar-refractivity contribution in [1.82, 2.24) is 20.1 Å². The number of hydrogen-bond donors (Lipinski definition) is 2. The van der Waals surface area contributed by atoms with E-state index in [4.69, 9.17) is 0 Å². The van der Waals surface area contributed by atoms with Gasteiger partial charge in [0.25, 0.3) is 0 Å². The quantitative estimate of drug-likeness (QED) is 0.747. The van der Waals surface area contributed by atoms with Crippen LogP contribution in [0.4, 0.5) is 10.5 Å². The molecule has 0 aliphatic heterocycles. The van der Waals surface area contributed by atoms with E-state index in [1.165, 1.54) is 11.3 Å². The fourth-order valence-electron chi connectivity index (χ4n) is 2.31. The van der Waals surface area contributed by atoms with Crippen LogP contribution in [0.5, 0.6) is 0 Å². The van der Waals surface area contributed by atoms with Crippen LogP contribution in [-0.4, -0.2) is 20.8 Å². The zero-order valence-electron chi connectivity index (χ0n) is 13.6. The summed E-state index contributed by atoms with van der Waals surface area (Å²) in [5, 5.41) is 12.7. The zero-order valence-corrected chi connectivity index (χ0v) is 14.4. The third-order valence-electron chi connectivity index (χ3n) is 3.51. The second kappa shape index (κ2) is 6.84. The minimum atomic E-state index is -0.516. The molecular weight excluding hydrogens is 322 g/mol. The van der Waals surface area contributed by atoms with Crippen molar-refractivity contribution in [1.29, 1.82) is 0 Å². The second-order valence-electron chi connectivity index (χ2n) is 5.94. The lowest BCUT2D eigenvalue weighted by molar-refractivity contribution is 0.242. The summed E-state index contributed by atoms with van der Waals surface area (Å²) in [6.07, 6.45) is 5.41. The molecule has 2 amide bonds. The van der Waals surface area contributed by atoms with Gasteiger partial charge in [0.2, 0.25) is 0 Å². The van der Waals surface area contributed by atoms with Gasteiger partial charge in [-0.2, -0.15) is 5.10 Å². The number of urea groups is 1. The van der Waals surface area contributed by atoms with Gasteiger partial charge in [-0.1, -0.05) is 12.1 Å². The van der Waals surface area contributed by atoms with Crippen LogP contribution in [0.25, 0.3) is 0 Å². The van der Waals surface area contributed by atoms with E-state index in [1.54, 1.807) is 12.4 Å². The van der Waals surface area contributed by atoms with E-state index in [0.29, 0.717) is 6.54 Å². The largest absolute Gasteiger partial charge is 0.326 e. The fraction of sp³-hybridized carbons (Fsp3) is 0.235. The number of nitrogens with zero attached hydrogens (tertiary/aromatic N) is 3. The van der Waals surface area contributed by atoms with Gasteiger partial charge in [0.15, 0.2) is 0 Å². The van der Waals surface area contributed by atoms with Gasteiger partial charge in [-0.3, -0.25) is 4.68 Å². The lowest BCUT2D eigenvalue weighted by Crippen LogP contribution is -2.43. The summed E-state index contributed by atoms with van der Waals surface area (Å²) in [7, 11) is 0. The third kappa shape index (κ3) is 3.99. The molecule has 0 aliphatic carbocycles. The molecule has 0 atom stereocenters. The Labute approximate surface area is 144 Å². The third-order valence-corrected chi connectivity index (χ3v) is 4.61. The summed E-state index contributed by atoms with van der Waals surface area (Å²) >= 11 is 1.52. The smallest absolute Gasteiger partial charge is 0.319 e. The highest BCUT2D eigenvalue weighted by atomic mass is 32.1. The molecule has 0 spiro atoms. The monoisotopic (exact) mass is 341 g/mol. The van der Waals surface area contributed by atoms with Crippen molar-refractivity contribution >= 4 is 23.1 Å². The molecule has 0 bridgehead atoms. The number of benzene rings is 1. The van der Waals surface area contributed by atoms with Crippen molar-refractivity contribution in [3.63, 3.8) is 0 Å². The molecule has 124 valence electrons. The fourth-order valence-corrected chi connectivity index (χ4v) is 3.02. The molecule has 7 heteroatoms. The van der Waals surface area contributed by atoms with Gasteiger partial charge in [0.1, 0.15) is 5.01 Å². The van der Waals surface area contributed by atoms with Gasteiger partial charge in [0, 0.05) is 29.7 Å². The van der Waals surface area contributed by atoms with Crippen LogP contribution in [-0.2, 0) is 12.1 Å². The van der Waals surface area contributed by atoms with Crippen LogP contribution in [0.15, 0.2) is 54.3 Å². The summed E-state index contributed by atoms with van der Waals surface area (Å²) in [6.45, 7) is 4.56. The Hall–Kier alpha value is -2.67. The molecule has 3 rings (SSSR count). The molecular formula is C17H19N5OS. The molecule has 6 nitrogen and oxygen atoms in total. The first kappa shape index (κ1) is 16.2. The molecule has 2 N–H and O–H groups in total. The number of hydrogen-bond acceptors (Lipinski definition) is 4. The molecule has 0 aliphatic rings. The van der Waals surface area contributed by atoms with Crippen molar-refractivity contribution in [2.75, 3.05) is 5.32 Å². The molecule has 0 fully saturated rings. The van der Waals surface area contributed by atoms with Crippen LogP contribution >= 0.6 is 11.3 Å². The molecule has 24 heavy (non-hydrogen) atoms. The zero-order chi connectivity index (χ0) is 17.0. The number of amides is 2. The van der Waals surface area contributed by atoms with Gasteiger partial charge in [-0.25, -0.2) is 9.78 Å². The average Bonchev–Trinajstić information content (AvgIpc) is 3.21. The maximum atomic E-state index is 12.2. The van der Waals surface area contributed by atoms with Crippen molar-refractivity contribution in [3.05, 3.63) is 64.9 Å². The number of thiazole rings is 1. The lowest BCUT2D eigenvalue weighted by atomic mass is 10.1. The Bertz CT molecular complexity index is 779. The molecule has 2 heterocycles. The lowest BCUT2D eigenvalue weighted by Gasteiger charge is -2.24. The number of anilines is 1.